The molecule has 3 heterocycles. The second-order valence-electron chi connectivity index (χ2n) is 8.07. The molecule has 3 aromatic heterocycles. The zero-order valence-electron chi connectivity index (χ0n) is 17.2. The lowest BCUT2D eigenvalue weighted by atomic mass is 10.1. The molecule has 1 fully saturated rings. The Kier molecular flexibility index (Phi) is 5.46. The molecule has 1 amide bonds. The summed E-state index contributed by atoms with van der Waals surface area (Å²) in [5.41, 5.74) is 1.85. The molecule has 1 aromatic carbocycles. The molecule has 1 saturated carbocycles. The Balaban J connectivity index is 1.45. The highest BCUT2D eigenvalue weighted by molar-refractivity contribution is 7.18. The molecule has 5 nitrogen and oxygen atoms in total. The van der Waals surface area contributed by atoms with Crippen LogP contribution in [0.1, 0.15) is 25.3 Å². The quantitative estimate of drug-likeness (QED) is 0.398. The highest BCUT2D eigenvalue weighted by Gasteiger charge is 2.34. The third kappa shape index (κ3) is 4.07. The molecule has 1 atom stereocenters. The van der Waals surface area contributed by atoms with Crippen LogP contribution in [0.3, 0.4) is 0 Å². The number of fused-ring (bicyclic) bond motifs is 1. The van der Waals surface area contributed by atoms with Crippen LogP contribution in [0.2, 0.25) is 0 Å². The Bertz CT molecular complexity index is 1260. The van der Waals surface area contributed by atoms with E-state index >= 15 is 0 Å². The smallest absolute Gasteiger partial charge is 0.263 e. The van der Waals surface area contributed by atoms with Crippen molar-refractivity contribution in [1.82, 2.24) is 14.5 Å². The zero-order valence-corrected chi connectivity index (χ0v) is 18.9. The lowest BCUT2D eigenvalue weighted by Gasteiger charge is -2.30. The second-order valence-corrected chi connectivity index (χ2v) is 9.88. The minimum atomic E-state index is -0.151. The van der Waals surface area contributed by atoms with Crippen LogP contribution < -0.4 is 5.56 Å². The summed E-state index contributed by atoms with van der Waals surface area (Å²) in [4.78, 5) is 34.8. The van der Waals surface area contributed by atoms with E-state index in [1.165, 1.54) is 22.2 Å². The first kappa shape index (κ1) is 20.2. The third-order valence-electron chi connectivity index (χ3n) is 5.96. The fourth-order valence-corrected chi connectivity index (χ4v) is 5.72. The maximum atomic E-state index is 13.4. The van der Waals surface area contributed by atoms with Gasteiger partial charge < -0.3 is 4.90 Å². The molecule has 1 aliphatic carbocycles. The normalized spacial score (nSPS) is 14.6. The number of nitrogens with zero attached hydrogens (tertiary/aromatic N) is 3. The van der Waals surface area contributed by atoms with Gasteiger partial charge in [0.05, 0.1) is 11.7 Å². The Labute approximate surface area is 188 Å². The maximum absolute atomic E-state index is 13.4. The van der Waals surface area contributed by atoms with Gasteiger partial charge in [-0.3, -0.25) is 14.2 Å². The van der Waals surface area contributed by atoms with Crippen molar-refractivity contribution in [3.8, 4) is 10.4 Å². The lowest BCUT2D eigenvalue weighted by Crippen LogP contribution is -2.42. The van der Waals surface area contributed by atoms with Crippen LogP contribution in [0.5, 0.6) is 0 Å². The van der Waals surface area contributed by atoms with Gasteiger partial charge in [0.25, 0.3) is 5.56 Å². The topological polar surface area (TPSA) is 55.2 Å². The van der Waals surface area contributed by atoms with Crippen LogP contribution in [0.25, 0.3) is 20.7 Å². The number of amides is 1. The number of aromatic nitrogens is 2. The van der Waals surface area contributed by atoms with Gasteiger partial charge in [0, 0.05) is 28.4 Å². The van der Waals surface area contributed by atoms with Crippen LogP contribution in [-0.2, 0) is 17.9 Å². The van der Waals surface area contributed by atoms with Crippen LogP contribution in [-0.4, -0.2) is 26.4 Å². The summed E-state index contributed by atoms with van der Waals surface area (Å²) in [6.07, 6.45) is 3.83. The number of thiophene rings is 2. The molecule has 5 rings (SSSR count). The predicted octanol–water partition coefficient (Wildman–Crippen LogP) is 5.01. The minimum Gasteiger partial charge on any atom is -0.334 e. The van der Waals surface area contributed by atoms with Gasteiger partial charge >= 0.3 is 0 Å². The van der Waals surface area contributed by atoms with E-state index in [2.05, 4.69) is 11.9 Å². The van der Waals surface area contributed by atoms with E-state index in [1.54, 1.807) is 11.3 Å². The molecule has 1 unspecified atom stereocenters. The molecule has 158 valence electrons. The van der Waals surface area contributed by atoms with E-state index in [4.69, 9.17) is 0 Å². The van der Waals surface area contributed by atoms with E-state index in [1.807, 2.05) is 58.1 Å². The molecule has 0 N–H and O–H groups in total. The molecule has 0 bridgehead atoms. The van der Waals surface area contributed by atoms with Gasteiger partial charge in [-0.15, -0.1) is 22.7 Å². The van der Waals surface area contributed by atoms with E-state index in [0.29, 0.717) is 22.7 Å². The van der Waals surface area contributed by atoms with Crippen molar-refractivity contribution in [2.24, 2.45) is 5.92 Å². The number of carbonyl (C=O) groups excluding carboxylic acids is 1. The SMILES string of the molecule is CC(C1CC1)N(Cc1ccccc1)C(=O)Cn1cnc2scc(-c3cccs3)c2c1=O. The van der Waals surface area contributed by atoms with Crippen molar-refractivity contribution < 1.29 is 4.79 Å². The van der Waals surface area contributed by atoms with Crippen LogP contribution in [0, 0.1) is 5.92 Å². The summed E-state index contributed by atoms with van der Waals surface area (Å²) in [5, 5.41) is 4.58. The zero-order chi connectivity index (χ0) is 21.4. The van der Waals surface area contributed by atoms with E-state index in [0.717, 1.165) is 28.8 Å². The Hall–Kier alpha value is -2.77. The summed E-state index contributed by atoms with van der Waals surface area (Å²) in [7, 11) is 0. The van der Waals surface area contributed by atoms with E-state index in [9.17, 15) is 9.59 Å². The molecule has 31 heavy (non-hydrogen) atoms. The largest absolute Gasteiger partial charge is 0.334 e. The van der Waals surface area contributed by atoms with E-state index < -0.39 is 0 Å². The molecular formula is C24H23N3O2S2. The minimum absolute atomic E-state index is 0.00535. The molecule has 1 aliphatic rings. The molecule has 7 heteroatoms. The molecule has 0 spiro atoms. The predicted molar refractivity (Wildman–Crippen MR) is 126 cm³/mol. The Morgan fingerprint density at radius 3 is 2.71 bits per heavy atom. The molecular weight excluding hydrogens is 426 g/mol. The number of carbonyl (C=O) groups is 1. The van der Waals surface area contributed by atoms with Gasteiger partial charge in [0.1, 0.15) is 11.4 Å². The van der Waals surface area contributed by atoms with Crippen molar-refractivity contribution in [1.29, 1.82) is 0 Å². The molecule has 0 aliphatic heterocycles. The molecule has 4 aromatic rings. The van der Waals surface area contributed by atoms with Gasteiger partial charge in [-0.05, 0) is 42.7 Å². The van der Waals surface area contributed by atoms with Crippen molar-refractivity contribution in [3.63, 3.8) is 0 Å². The first-order chi connectivity index (χ1) is 15.1. The van der Waals surface area contributed by atoms with Gasteiger partial charge in [-0.25, -0.2) is 4.98 Å². The number of hydrogen-bond acceptors (Lipinski definition) is 5. The summed E-state index contributed by atoms with van der Waals surface area (Å²) in [6.45, 7) is 2.68. The van der Waals surface area contributed by atoms with Crippen LogP contribution in [0.4, 0.5) is 0 Å². The maximum Gasteiger partial charge on any atom is 0.263 e. The van der Waals surface area contributed by atoms with Crippen molar-refractivity contribution in [3.05, 3.63) is 75.5 Å². The number of rotatable bonds is 7. The van der Waals surface area contributed by atoms with Gasteiger partial charge in [0.15, 0.2) is 0 Å². The van der Waals surface area contributed by atoms with Crippen molar-refractivity contribution in [2.45, 2.75) is 38.9 Å². The fourth-order valence-electron chi connectivity index (χ4n) is 4.00. The Morgan fingerprint density at radius 1 is 1.19 bits per heavy atom. The second kappa shape index (κ2) is 8.40. The third-order valence-corrected chi connectivity index (χ3v) is 7.75. The van der Waals surface area contributed by atoms with Crippen LogP contribution in [0.15, 0.2) is 64.3 Å². The summed E-state index contributed by atoms with van der Waals surface area (Å²) in [6, 6.07) is 14.2. The molecule has 0 radical (unpaired) electrons. The number of hydrogen-bond donors (Lipinski definition) is 0. The van der Waals surface area contributed by atoms with Crippen molar-refractivity contribution in [2.75, 3.05) is 0 Å². The first-order valence-corrected chi connectivity index (χ1v) is 12.2. The van der Waals surface area contributed by atoms with Gasteiger partial charge in [-0.2, -0.15) is 0 Å². The monoisotopic (exact) mass is 449 g/mol. The summed E-state index contributed by atoms with van der Waals surface area (Å²) in [5.74, 6) is 0.506. The average Bonchev–Trinajstić information content (AvgIpc) is 3.31. The highest BCUT2D eigenvalue weighted by atomic mass is 32.1. The molecule has 0 saturated heterocycles. The van der Waals surface area contributed by atoms with Crippen molar-refractivity contribution >= 4 is 38.8 Å². The lowest BCUT2D eigenvalue weighted by molar-refractivity contribution is -0.135. The first-order valence-electron chi connectivity index (χ1n) is 10.5. The van der Waals surface area contributed by atoms with Gasteiger partial charge in [0.2, 0.25) is 5.91 Å². The summed E-state index contributed by atoms with van der Waals surface area (Å²) < 4.78 is 1.46. The standard InChI is InChI=1S/C24H23N3O2S2/c1-16(18-9-10-18)27(12-17-6-3-2-4-7-17)21(28)13-26-15-25-23-22(24(26)29)19(14-31-23)20-8-5-11-30-20/h2-8,11,14-16,18H,9-10,12-13H2,1H3. The number of benzene rings is 1. The van der Waals surface area contributed by atoms with Gasteiger partial charge in [-0.1, -0.05) is 36.4 Å². The Morgan fingerprint density at radius 2 is 2.00 bits per heavy atom. The summed E-state index contributed by atoms with van der Waals surface area (Å²) >= 11 is 3.07. The average molecular weight is 450 g/mol. The van der Waals surface area contributed by atoms with E-state index in [-0.39, 0.29) is 24.1 Å². The van der Waals surface area contributed by atoms with Crippen LogP contribution >= 0.6 is 22.7 Å². The highest BCUT2D eigenvalue weighted by Crippen LogP contribution is 2.36. The fraction of sp³-hybridized carbons (Fsp3) is 0.292.